The van der Waals surface area contributed by atoms with E-state index in [4.69, 9.17) is 9.47 Å². The molecule has 1 aliphatic rings. The molecule has 7 atom stereocenters. The second-order valence-corrected chi connectivity index (χ2v) is 20.1. The maximum absolute atomic E-state index is 13.1. The highest BCUT2D eigenvalue weighted by Crippen LogP contribution is 2.23. The fourth-order valence-electron chi connectivity index (χ4n) is 9.46. The molecule has 0 bridgehead atoms. The molecule has 0 spiro atoms. The molecule has 1 heterocycles. The smallest absolute Gasteiger partial charge is 0.220 e. The molecule has 0 aromatic carbocycles. The normalized spacial score (nSPS) is 19.9. The van der Waals surface area contributed by atoms with E-state index in [0.717, 1.165) is 38.5 Å². The van der Waals surface area contributed by atoms with Crippen LogP contribution in [0.1, 0.15) is 290 Å². The lowest BCUT2D eigenvalue weighted by molar-refractivity contribution is -0.302. The number of nitrogens with one attached hydrogen (secondary N) is 1. The van der Waals surface area contributed by atoms with Gasteiger partial charge in [0, 0.05) is 6.42 Å². The predicted molar refractivity (Wildman–Crippen MR) is 268 cm³/mol. The van der Waals surface area contributed by atoms with Crippen LogP contribution < -0.4 is 5.32 Å². The number of unbranched alkanes of at least 4 members (excludes halogenated alkanes) is 39. The quantitative estimate of drug-likeness (QED) is 0.0331. The highest BCUT2D eigenvalue weighted by Gasteiger charge is 2.44. The zero-order valence-electron chi connectivity index (χ0n) is 42.3. The number of aliphatic hydroxyl groups excluding tert-OH is 5. The Bertz CT molecular complexity index is 970. The minimum Gasteiger partial charge on any atom is -0.394 e. The van der Waals surface area contributed by atoms with Crippen LogP contribution in [-0.4, -0.2) is 87.5 Å². The molecule has 64 heavy (non-hydrogen) atoms. The summed E-state index contributed by atoms with van der Waals surface area (Å²) < 4.78 is 11.3. The van der Waals surface area contributed by atoms with E-state index in [1.54, 1.807) is 0 Å². The van der Waals surface area contributed by atoms with Crippen LogP contribution in [0.2, 0.25) is 0 Å². The number of carbonyl (C=O) groups excluding carboxylic acids is 1. The van der Waals surface area contributed by atoms with Gasteiger partial charge in [-0.25, -0.2) is 0 Å². The Morgan fingerprint density at radius 3 is 1.11 bits per heavy atom. The second kappa shape index (κ2) is 45.9. The fourth-order valence-corrected chi connectivity index (χ4v) is 9.46. The van der Waals surface area contributed by atoms with Gasteiger partial charge in [0.25, 0.3) is 0 Å². The Morgan fingerprint density at radius 1 is 0.469 bits per heavy atom. The van der Waals surface area contributed by atoms with E-state index >= 15 is 0 Å². The Balaban J connectivity index is 2.21. The van der Waals surface area contributed by atoms with Crippen LogP contribution in [0.25, 0.3) is 0 Å². The third kappa shape index (κ3) is 35.3. The lowest BCUT2D eigenvalue weighted by Crippen LogP contribution is -2.60. The Kier molecular flexibility index (Phi) is 43.9. The van der Waals surface area contributed by atoms with Crippen molar-refractivity contribution in [2.75, 3.05) is 13.2 Å². The number of carbonyl (C=O) groups is 1. The van der Waals surface area contributed by atoms with Gasteiger partial charge in [0.15, 0.2) is 6.29 Å². The second-order valence-electron chi connectivity index (χ2n) is 20.1. The van der Waals surface area contributed by atoms with Gasteiger partial charge in [-0.05, 0) is 12.8 Å². The molecule has 1 fully saturated rings. The molecular weight excluding hydrogens is 803 g/mol. The van der Waals surface area contributed by atoms with Gasteiger partial charge in [0.1, 0.15) is 24.4 Å². The van der Waals surface area contributed by atoms with Crippen molar-refractivity contribution >= 4 is 5.91 Å². The van der Waals surface area contributed by atoms with Gasteiger partial charge in [0.2, 0.25) is 5.91 Å². The van der Waals surface area contributed by atoms with Gasteiger partial charge in [-0.1, -0.05) is 271 Å². The Hall–Kier alpha value is -0.810. The third-order valence-electron chi connectivity index (χ3n) is 14.0. The van der Waals surface area contributed by atoms with Crippen LogP contribution in [0.5, 0.6) is 0 Å². The van der Waals surface area contributed by atoms with Gasteiger partial charge in [0.05, 0.1) is 25.4 Å². The summed E-state index contributed by atoms with van der Waals surface area (Å²) in [6.45, 7) is 3.88. The molecule has 1 aliphatic heterocycles. The zero-order valence-corrected chi connectivity index (χ0v) is 42.3. The van der Waals surface area contributed by atoms with Crippen molar-refractivity contribution in [1.29, 1.82) is 0 Å². The van der Waals surface area contributed by atoms with Crippen LogP contribution in [0.15, 0.2) is 0 Å². The first-order chi connectivity index (χ1) is 31.3. The topological polar surface area (TPSA) is 149 Å². The molecule has 7 unspecified atom stereocenters. The number of rotatable bonds is 49. The monoisotopic (exact) mass is 912 g/mol. The summed E-state index contributed by atoms with van der Waals surface area (Å²) in [7, 11) is 0. The molecule has 0 aromatic rings. The molecule has 9 heteroatoms. The predicted octanol–water partition coefficient (Wildman–Crippen LogP) is 13.5. The number of hydrogen-bond acceptors (Lipinski definition) is 8. The van der Waals surface area contributed by atoms with Crippen molar-refractivity contribution < 1.29 is 39.8 Å². The van der Waals surface area contributed by atoms with Gasteiger partial charge >= 0.3 is 0 Å². The molecule has 1 saturated heterocycles. The summed E-state index contributed by atoms with van der Waals surface area (Å²) in [6, 6.07) is -0.713. The minimum absolute atomic E-state index is 0.131. The van der Waals surface area contributed by atoms with E-state index < -0.39 is 49.5 Å². The van der Waals surface area contributed by atoms with E-state index in [1.807, 2.05) is 0 Å². The van der Waals surface area contributed by atoms with Gasteiger partial charge in [-0.15, -0.1) is 0 Å². The molecule has 9 nitrogen and oxygen atoms in total. The summed E-state index contributed by atoms with van der Waals surface area (Å²) in [5, 5.41) is 54.7. The van der Waals surface area contributed by atoms with Crippen molar-refractivity contribution in [2.45, 2.75) is 333 Å². The third-order valence-corrected chi connectivity index (χ3v) is 14.0. The largest absolute Gasteiger partial charge is 0.394 e. The lowest BCUT2D eigenvalue weighted by Gasteiger charge is -2.40. The number of amides is 1. The van der Waals surface area contributed by atoms with E-state index in [2.05, 4.69) is 19.2 Å². The number of ether oxygens (including phenoxy) is 2. The van der Waals surface area contributed by atoms with Crippen LogP contribution >= 0.6 is 0 Å². The molecule has 0 radical (unpaired) electrons. The molecule has 1 rings (SSSR count). The van der Waals surface area contributed by atoms with Gasteiger partial charge in [-0.2, -0.15) is 0 Å². The van der Waals surface area contributed by atoms with Gasteiger partial charge in [-0.3, -0.25) is 4.79 Å². The highest BCUT2D eigenvalue weighted by atomic mass is 16.7. The van der Waals surface area contributed by atoms with Crippen molar-refractivity contribution in [2.24, 2.45) is 0 Å². The van der Waals surface area contributed by atoms with Crippen LogP contribution in [-0.2, 0) is 14.3 Å². The van der Waals surface area contributed by atoms with Crippen molar-refractivity contribution in [1.82, 2.24) is 5.32 Å². The Labute approximate surface area is 395 Å². The SMILES string of the molecule is CCCCCCCCCCCCCCCCCCCCCCCC(O)C(COC1OC(CO)C(O)C(O)C1O)NC(=O)CCCCCCCCCCCCCCCCCCCCCC. The Morgan fingerprint density at radius 2 is 0.781 bits per heavy atom. The van der Waals surface area contributed by atoms with Crippen molar-refractivity contribution in [3.8, 4) is 0 Å². The van der Waals surface area contributed by atoms with Crippen LogP contribution in [0, 0.1) is 0 Å². The zero-order chi connectivity index (χ0) is 46.6. The fraction of sp³-hybridized carbons (Fsp3) is 0.982. The maximum atomic E-state index is 13.1. The summed E-state index contributed by atoms with van der Waals surface area (Å²) in [5.74, 6) is -0.136. The molecular formula is C55H109NO8. The molecule has 6 N–H and O–H groups in total. The van der Waals surface area contributed by atoms with Crippen molar-refractivity contribution in [3.05, 3.63) is 0 Å². The molecule has 1 amide bonds. The molecule has 0 aromatic heterocycles. The first-order valence-electron chi connectivity index (χ1n) is 28.2. The molecule has 382 valence electrons. The lowest BCUT2D eigenvalue weighted by atomic mass is 9.99. The van der Waals surface area contributed by atoms with E-state index in [-0.39, 0.29) is 12.5 Å². The average Bonchev–Trinajstić information content (AvgIpc) is 3.29. The number of aliphatic hydroxyl groups is 5. The standard InChI is InChI=1S/C55H109NO8/c1-3-5-7-9-11-13-15-17-19-21-23-25-26-28-30-32-34-36-38-40-42-44-49(58)48(47-63-55-54(62)53(61)52(60)50(46-57)64-55)56-51(59)45-43-41-39-37-35-33-31-29-27-24-22-20-18-16-14-12-10-8-6-4-2/h48-50,52-55,57-58,60-62H,3-47H2,1-2H3,(H,56,59). The summed E-state index contributed by atoms with van der Waals surface area (Å²) >= 11 is 0. The van der Waals surface area contributed by atoms with E-state index in [9.17, 15) is 30.3 Å². The summed E-state index contributed by atoms with van der Waals surface area (Å²) in [5.41, 5.74) is 0. The van der Waals surface area contributed by atoms with Crippen LogP contribution in [0.3, 0.4) is 0 Å². The summed E-state index contributed by atoms with van der Waals surface area (Å²) in [4.78, 5) is 13.1. The van der Waals surface area contributed by atoms with Crippen molar-refractivity contribution in [3.63, 3.8) is 0 Å². The van der Waals surface area contributed by atoms with Gasteiger partial charge < -0.3 is 40.3 Å². The average molecular weight is 912 g/mol. The first kappa shape index (κ1) is 61.2. The molecule has 0 saturated carbocycles. The minimum atomic E-state index is -1.55. The summed E-state index contributed by atoms with van der Waals surface area (Å²) in [6.07, 6.45) is 46.9. The maximum Gasteiger partial charge on any atom is 0.220 e. The van der Waals surface area contributed by atoms with E-state index in [1.165, 1.54) is 225 Å². The van der Waals surface area contributed by atoms with Crippen LogP contribution in [0.4, 0.5) is 0 Å². The number of hydrogen-bond donors (Lipinski definition) is 6. The highest BCUT2D eigenvalue weighted by molar-refractivity contribution is 5.76. The van der Waals surface area contributed by atoms with E-state index in [0.29, 0.717) is 12.8 Å². The molecule has 0 aliphatic carbocycles. The first-order valence-corrected chi connectivity index (χ1v) is 28.2.